The number of carboxylic acid groups (broad SMARTS) is 1. The minimum absolute atomic E-state index is 0.156. The highest BCUT2D eigenvalue weighted by Crippen LogP contribution is 2.31. The molecule has 0 aliphatic carbocycles. The Kier molecular flexibility index (Phi) is 4.89. The number of aromatic nitrogens is 4. The number of anilines is 2. The Morgan fingerprint density at radius 3 is 2.71 bits per heavy atom. The van der Waals surface area contributed by atoms with E-state index in [9.17, 15) is 9.90 Å². The van der Waals surface area contributed by atoms with Gasteiger partial charge in [0.1, 0.15) is 6.33 Å². The van der Waals surface area contributed by atoms with E-state index in [4.69, 9.17) is 4.98 Å². The summed E-state index contributed by atoms with van der Waals surface area (Å²) in [6.45, 7) is 3.95. The van der Waals surface area contributed by atoms with E-state index in [0.29, 0.717) is 5.69 Å². The fraction of sp³-hybridized carbons (Fsp3) is 0.304. The van der Waals surface area contributed by atoms with E-state index in [1.807, 2.05) is 35.6 Å². The molecule has 1 saturated heterocycles. The number of hydrogen-bond acceptors (Lipinski definition) is 6. The summed E-state index contributed by atoms with van der Waals surface area (Å²) >= 11 is 0. The Morgan fingerprint density at radius 1 is 1.10 bits per heavy atom. The number of carbonyl (C=O) groups is 1. The van der Waals surface area contributed by atoms with Crippen LogP contribution >= 0.6 is 0 Å². The van der Waals surface area contributed by atoms with Crippen LogP contribution in [0.4, 0.5) is 11.6 Å². The predicted molar refractivity (Wildman–Crippen MR) is 120 cm³/mol. The van der Waals surface area contributed by atoms with Gasteiger partial charge >= 0.3 is 5.97 Å². The van der Waals surface area contributed by atoms with Crippen molar-refractivity contribution in [3.05, 3.63) is 59.9 Å². The lowest BCUT2D eigenvalue weighted by atomic mass is 10.0. The third kappa shape index (κ3) is 3.43. The van der Waals surface area contributed by atoms with Gasteiger partial charge in [0.25, 0.3) is 0 Å². The molecule has 3 heterocycles. The lowest BCUT2D eigenvalue weighted by molar-refractivity contribution is 0.0698. The quantitative estimate of drug-likeness (QED) is 0.505. The smallest absolute Gasteiger partial charge is 0.337 e. The molecule has 8 heteroatoms. The van der Waals surface area contributed by atoms with Crippen molar-refractivity contribution in [2.24, 2.45) is 0 Å². The van der Waals surface area contributed by atoms with Gasteiger partial charge in [0.05, 0.1) is 17.1 Å². The zero-order chi connectivity index (χ0) is 21.4. The highest BCUT2D eigenvalue weighted by Gasteiger charge is 2.21. The number of fused-ring (bicyclic) bond motifs is 3. The summed E-state index contributed by atoms with van der Waals surface area (Å²) in [4.78, 5) is 19.0. The van der Waals surface area contributed by atoms with Crippen molar-refractivity contribution in [3.8, 4) is 0 Å². The maximum absolute atomic E-state index is 11.6. The minimum atomic E-state index is -0.955. The van der Waals surface area contributed by atoms with Gasteiger partial charge < -0.3 is 15.3 Å². The number of carboxylic acids is 1. The van der Waals surface area contributed by atoms with Crippen LogP contribution in [0.3, 0.4) is 0 Å². The molecule has 1 aliphatic heterocycles. The molecule has 0 radical (unpaired) electrons. The Labute approximate surface area is 179 Å². The van der Waals surface area contributed by atoms with Gasteiger partial charge in [-0.15, -0.1) is 10.2 Å². The summed E-state index contributed by atoms with van der Waals surface area (Å²) in [5.74, 6) is -0.0957. The third-order valence-electron chi connectivity index (χ3n) is 5.92. The second-order valence-electron chi connectivity index (χ2n) is 7.94. The first-order valence-electron chi connectivity index (χ1n) is 10.6. The first-order valence-corrected chi connectivity index (χ1v) is 10.6. The van der Waals surface area contributed by atoms with Gasteiger partial charge in [0, 0.05) is 29.7 Å². The van der Waals surface area contributed by atoms with Crippen molar-refractivity contribution < 1.29 is 9.90 Å². The highest BCUT2D eigenvalue weighted by atomic mass is 16.4. The van der Waals surface area contributed by atoms with E-state index in [2.05, 4.69) is 20.4 Å². The molecule has 2 aromatic heterocycles. The van der Waals surface area contributed by atoms with Crippen LogP contribution in [0.1, 0.15) is 48.1 Å². The van der Waals surface area contributed by atoms with Crippen molar-refractivity contribution in [3.63, 3.8) is 0 Å². The number of para-hydroxylation sites is 2. The molecule has 0 spiro atoms. The Bertz CT molecular complexity index is 1260. The molecule has 1 aliphatic rings. The van der Waals surface area contributed by atoms with Crippen LogP contribution in [-0.2, 0) is 0 Å². The van der Waals surface area contributed by atoms with Crippen LogP contribution in [0.2, 0.25) is 0 Å². The van der Waals surface area contributed by atoms with Crippen molar-refractivity contribution >= 4 is 34.2 Å². The molecule has 2 aromatic carbocycles. The van der Waals surface area contributed by atoms with Crippen molar-refractivity contribution in [2.45, 2.75) is 32.2 Å². The molecule has 0 amide bonds. The highest BCUT2D eigenvalue weighted by molar-refractivity contribution is 5.96. The Balaban J connectivity index is 1.62. The zero-order valence-electron chi connectivity index (χ0n) is 17.3. The summed E-state index contributed by atoms with van der Waals surface area (Å²) < 4.78 is 1.97. The number of hydrogen-bond donors (Lipinski definition) is 2. The van der Waals surface area contributed by atoms with Crippen LogP contribution in [0.15, 0.2) is 48.8 Å². The second-order valence-corrected chi connectivity index (χ2v) is 7.94. The van der Waals surface area contributed by atoms with E-state index < -0.39 is 5.97 Å². The van der Waals surface area contributed by atoms with Crippen LogP contribution in [0.5, 0.6) is 0 Å². The maximum atomic E-state index is 11.6. The molecular formula is C23H24N6O2. The largest absolute Gasteiger partial charge is 0.478 e. The number of piperidine rings is 1. The summed E-state index contributed by atoms with van der Waals surface area (Å²) in [7, 11) is 0. The van der Waals surface area contributed by atoms with Crippen molar-refractivity contribution in [1.29, 1.82) is 0 Å². The summed E-state index contributed by atoms with van der Waals surface area (Å²) in [6, 6.07) is 12.8. The van der Waals surface area contributed by atoms with Gasteiger partial charge in [-0.2, -0.15) is 0 Å². The van der Waals surface area contributed by atoms with Crippen LogP contribution in [0, 0.1) is 0 Å². The topological polar surface area (TPSA) is 95.6 Å². The van der Waals surface area contributed by atoms with Gasteiger partial charge in [0.15, 0.2) is 5.65 Å². The molecule has 1 unspecified atom stereocenters. The van der Waals surface area contributed by atoms with Crippen molar-refractivity contribution in [2.75, 3.05) is 23.3 Å². The number of nitrogens with one attached hydrogen (secondary N) is 1. The van der Waals surface area contributed by atoms with E-state index in [0.717, 1.165) is 54.0 Å². The van der Waals surface area contributed by atoms with Gasteiger partial charge in [-0.05, 0) is 44.4 Å². The molecule has 5 rings (SSSR count). The van der Waals surface area contributed by atoms with Gasteiger partial charge in [-0.1, -0.05) is 24.3 Å². The molecule has 31 heavy (non-hydrogen) atoms. The molecule has 4 aromatic rings. The van der Waals surface area contributed by atoms with Crippen molar-refractivity contribution in [1.82, 2.24) is 19.6 Å². The molecule has 1 atom stereocenters. The monoisotopic (exact) mass is 416 g/mol. The number of nitrogens with zero attached hydrogens (tertiary/aromatic N) is 5. The van der Waals surface area contributed by atoms with Crippen LogP contribution in [-0.4, -0.2) is 43.7 Å². The number of rotatable bonds is 5. The lowest BCUT2D eigenvalue weighted by Crippen LogP contribution is -2.32. The number of aromatic carboxylic acids is 1. The van der Waals surface area contributed by atoms with Crippen LogP contribution in [0.25, 0.3) is 16.6 Å². The molecule has 1 fully saturated rings. The Morgan fingerprint density at radius 2 is 1.90 bits per heavy atom. The first-order chi connectivity index (χ1) is 15.1. The normalized spacial score (nSPS) is 15.3. The Hall–Kier alpha value is -3.68. The maximum Gasteiger partial charge on any atom is 0.337 e. The van der Waals surface area contributed by atoms with E-state index in [1.54, 1.807) is 24.5 Å². The lowest BCUT2D eigenvalue weighted by Gasteiger charge is -2.28. The average Bonchev–Trinajstić information content (AvgIpc) is 3.29. The van der Waals surface area contributed by atoms with Gasteiger partial charge in [0.2, 0.25) is 5.95 Å². The summed E-state index contributed by atoms with van der Waals surface area (Å²) in [5, 5.41) is 22.3. The fourth-order valence-electron chi connectivity index (χ4n) is 4.36. The summed E-state index contributed by atoms with van der Waals surface area (Å²) in [6.07, 6.45) is 5.26. The second kappa shape index (κ2) is 7.86. The van der Waals surface area contributed by atoms with E-state index in [-0.39, 0.29) is 11.6 Å². The summed E-state index contributed by atoms with van der Waals surface area (Å²) in [5.41, 5.74) is 3.46. The number of benzene rings is 2. The SMILES string of the molecule is CC(Nc1ccccc1C(=O)O)c1cccc2c1nc(N1CCCCC1)n1cnnc21. The molecular weight excluding hydrogens is 392 g/mol. The molecule has 2 N–H and O–H groups in total. The van der Waals surface area contributed by atoms with Gasteiger partial charge in [-0.3, -0.25) is 4.40 Å². The average molecular weight is 416 g/mol. The van der Waals surface area contributed by atoms with E-state index in [1.165, 1.54) is 6.42 Å². The first kappa shape index (κ1) is 19.3. The van der Waals surface area contributed by atoms with E-state index >= 15 is 0 Å². The minimum Gasteiger partial charge on any atom is -0.478 e. The third-order valence-corrected chi connectivity index (χ3v) is 5.92. The standard InChI is InChI=1S/C23H24N6O2/c1-15(25-19-11-4-3-8-17(19)22(30)31)16-9-7-10-18-20(16)26-23(28-12-5-2-6-13-28)29-14-24-27-21(18)29/h3-4,7-11,14-15,25H,2,5-6,12-13H2,1H3,(H,30,31). The van der Waals surface area contributed by atoms with Gasteiger partial charge in [-0.25, -0.2) is 9.78 Å². The fourth-order valence-corrected chi connectivity index (χ4v) is 4.36. The molecule has 0 saturated carbocycles. The zero-order valence-corrected chi connectivity index (χ0v) is 17.3. The molecule has 158 valence electrons. The molecule has 0 bridgehead atoms. The predicted octanol–water partition coefficient (Wildman–Crippen LogP) is 4.14. The molecule has 8 nitrogen and oxygen atoms in total. The van der Waals surface area contributed by atoms with Crippen LogP contribution < -0.4 is 10.2 Å².